The highest BCUT2D eigenvalue weighted by Crippen LogP contribution is 2.28. The molecule has 1 aromatic carbocycles. The summed E-state index contributed by atoms with van der Waals surface area (Å²) in [5.74, 6) is 0.768. The Labute approximate surface area is 172 Å². The van der Waals surface area contributed by atoms with Gasteiger partial charge in [0.05, 0.1) is 5.69 Å². The second-order valence-electron chi connectivity index (χ2n) is 9.15. The summed E-state index contributed by atoms with van der Waals surface area (Å²) in [4.78, 5) is 19.0. The molecule has 2 aliphatic rings. The lowest BCUT2D eigenvalue weighted by molar-refractivity contribution is 0.0493. The molecule has 29 heavy (non-hydrogen) atoms. The largest absolute Gasteiger partial charge is 0.490 e. The van der Waals surface area contributed by atoms with Crippen molar-refractivity contribution in [2.45, 2.75) is 70.6 Å². The number of aromatic nitrogens is 3. The maximum atomic E-state index is 12.2. The fourth-order valence-electron chi connectivity index (χ4n) is 3.87. The molecule has 1 saturated heterocycles. The van der Waals surface area contributed by atoms with Gasteiger partial charge in [0.2, 0.25) is 5.82 Å². The highest BCUT2D eigenvalue weighted by atomic mass is 16.5. The summed E-state index contributed by atoms with van der Waals surface area (Å²) >= 11 is 0. The van der Waals surface area contributed by atoms with Crippen LogP contribution in [0.4, 0.5) is 0 Å². The van der Waals surface area contributed by atoms with Crippen molar-refractivity contribution < 1.29 is 9.53 Å². The molecular weight excluding hydrogens is 366 g/mol. The Balaban J connectivity index is 1.32. The molecule has 4 rings (SSSR count). The van der Waals surface area contributed by atoms with E-state index in [0.717, 1.165) is 43.4 Å². The van der Waals surface area contributed by atoms with E-state index in [1.54, 1.807) is 11.0 Å². The fraction of sp³-hybridized carbons (Fsp3) is 0.591. The second-order valence-corrected chi connectivity index (χ2v) is 9.15. The number of hydrogen-bond acceptors (Lipinski definition) is 5. The fourth-order valence-corrected chi connectivity index (χ4v) is 3.87. The van der Waals surface area contributed by atoms with Gasteiger partial charge in [0, 0.05) is 24.7 Å². The maximum Gasteiger partial charge on any atom is 0.291 e. The molecule has 1 saturated carbocycles. The summed E-state index contributed by atoms with van der Waals surface area (Å²) in [7, 11) is 0. The number of nitrogens with one attached hydrogen (secondary N) is 1. The van der Waals surface area contributed by atoms with Gasteiger partial charge in [-0.25, -0.2) is 9.67 Å². The first-order valence-electron chi connectivity index (χ1n) is 10.6. The Kier molecular flexibility index (Phi) is 5.58. The van der Waals surface area contributed by atoms with Gasteiger partial charge in [-0.15, -0.1) is 5.10 Å². The number of piperidine rings is 1. The van der Waals surface area contributed by atoms with Crippen LogP contribution < -0.4 is 10.1 Å². The summed E-state index contributed by atoms with van der Waals surface area (Å²) < 4.78 is 7.80. The van der Waals surface area contributed by atoms with E-state index in [4.69, 9.17) is 4.74 Å². The molecule has 7 nitrogen and oxygen atoms in total. The number of carbonyl (C=O) groups excluding carboxylic acids is 1. The third-order valence-electron chi connectivity index (χ3n) is 5.66. The third-order valence-corrected chi connectivity index (χ3v) is 5.66. The number of carbonyl (C=O) groups is 1. The predicted molar refractivity (Wildman–Crippen MR) is 111 cm³/mol. The van der Waals surface area contributed by atoms with E-state index < -0.39 is 0 Å². The zero-order chi connectivity index (χ0) is 20.4. The number of amides is 1. The first-order valence-corrected chi connectivity index (χ1v) is 10.6. The predicted octanol–water partition coefficient (Wildman–Crippen LogP) is 3.19. The molecule has 0 bridgehead atoms. The van der Waals surface area contributed by atoms with Crippen LogP contribution >= 0.6 is 0 Å². The van der Waals surface area contributed by atoms with Gasteiger partial charge in [0.15, 0.2) is 0 Å². The number of rotatable bonds is 5. The minimum Gasteiger partial charge on any atom is -0.490 e. The average Bonchev–Trinajstić information content (AvgIpc) is 3.11. The molecule has 1 aliphatic carbocycles. The summed E-state index contributed by atoms with van der Waals surface area (Å²) in [6.07, 6.45) is 8.16. The monoisotopic (exact) mass is 397 g/mol. The minimum absolute atomic E-state index is 0.165. The van der Waals surface area contributed by atoms with Crippen LogP contribution in [0.25, 0.3) is 5.69 Å². The van der Waals surface area contributed by atoms with Crippen LogP contribution in [0, 0.1) is 0 Å². The van der Waals surface area contributed by atoms with E-state index in [0.29, 0.717) is 0 Å². The zero-order valence-electron chi connectivity index (χ0n) is 17.6. The average molecular weight is 398 g/mol. The van der Waals surface area contributed by atoms with Crippen LogP contribution in [-0.4, -0.2) is 56.3 Å². The Bertz CT molecular complexity index is 828. The normalized spacial score (nSPS) is 19.0. The van der Waals surface area contributed by atoms with Gasteiger partial charge in [-0.3, -0.25) is 4.79 Å². The number of nitrogens with zero attached hydrogens (tertiary/aromatic N) is 4. The molecule has 2 fully saturated rings. The molecule has 1 aromatic heterocycles. The van der Waals surface area contributed by atoms with Crippen LogP contribution in [0.15, 0.2) is 30.6 Å². The van der Waals surface area contributed by atoms with Gasteiger partial charge in [-0.1, -0.05) is 6.42 Å². The molecule has 0 spiro atoms. The third kappa shape index (κ3) is 4.96. The number of likely N-dealkylation sites (tertiary alicyclic amines) is 1. The molecule has 156 valence electrons. The Morgan fingerprint density at radius 1 is 1.10 bits per heavy atom. The van der Waals surface area contributed by atoms with Crippen molar-refractivity contribution in [3.63, 3.8) is 0 Å². The highest BCUT2D eigenvalue weighted by molar-refractivity contribution is 5.90. The van der Waals surface area contributed by atoms with Gasteiger partial charge in [0.25, 0.3) is 5.91 Å². The highest BCUT2D eigenvalue weighted by Gasteiger charge is 2.29. The van der Waals surface area contributed by atoms with E-state index in [-0.39, 0.29) is 23.4 Å². The number of benzene rings is 1. The molecule has 2 aromatic rings. The summed E-state index contributed by atoms with van der Waals surface area (Å²) in [5, 5.41) is 7.17. The van der Waals surface area contributed by atoms with Crippen molar-refractivity contribution in [1.29, 1.82) is 0 Å². The lowest BCUT2D eigenvalue weighted by atomic mass is 9.90. The van der Waals surface area contributed by atoms with Crippen LogP contribution in [-0.2, 0) is 0 Å². The van der Waals surface area contributed by atoms with E-state index in [1.165, 1.54) is 19.3 Å². The van der Waals surface area contributed by atoms with Gasteiger partial charge in [0.1, 0.15) is 18.2 Å². The summed E-state index contributed by atoms with van der Waals surface area (Å²) in [6, 6.07) is 8.64. The molecule has 0 atom stereocenters. The minimum atomic E-state index is -0.324. The van der Waals surface area contributed by atoms with E-state index in [2.05, 4.69) is 20.3 Å². The number of hydrogen-bond donors (Lipinski definition) is 1. The Morgan fingerprint density at radius 3 is 2.38 bits per heavy atom. The lowest BCUT2D eigenvalue weighted by Crippen LogP contribution is -2.46. The second kappa shape index (κ2) is 8.14. The first kappa shape index (κ1) is 19.9. The van der Waals surface area contributed by atoms with Gasteiger partial charge in [-0.05, 0) is 70.7 Å². The van der Waals surface area contributed by atoms with Crippen molar-refractivity contribution in [3.8, 4) is 11.4 Å². The maximum absolute atomic E-state index is 12.2. The van der Waals surface area contributed by atoms with Crippen LogP contribution in [0.1, 0.15) is 63.5 Å². The van der Waals surface area contributed by atoms with Gasteiger partial charge >= 0.3 is 0 Å². The van der Waals surface area contributed by atoms with Crippen molar-refractivity contribution in [2.75, 3.05) is 13.1 Å². The van der Waals surface area contributed by atoms with Gasteiger partial charge in [-0.2, -0.15) is 0 Å². The Hall–Kier alpha value is -2.41. The van der Waals surface area contributed by atoms with Crippen molar-refractivity contribution in [3.05, 3.63) is 36.4 Å². The molecule has 7 heteroatoms. The topological polar surface area (TPSA) is 72.3 Å². The quantitative estimate of drug-likeness (QED) is 0.839. The van der Waals surface area contributed by atoms with Crippen LogP contribution in [0.2, 0.25) is 0 Å². The SMILES string of the molecule is CC(C)(C)NC(=O)c1ncn(-c2ccc(OC3CCN(C4CCC4)CC3)cc2)n1. The van der Waals surface area contributed by atoms with Crippen molar-refractivity contribution >= 4 is 5.91 Å². The Morgan fingerprint density at radius 2 is 1.79 bits per heavy atom. The zero-order valence-corrected chi connectivity index (χ0v) is 17.6. The van der Waals surface area contributed by atoms with Crippen LogP contribution in [0.3, 0.4) is 0 Å². The molecule has 2 heterocycles. The van der Waals surface area contributed by atoms with E-state index in [9.17, 15) is 4.79 Å². The first-order chi connectivity index (χ1) is 13.9. The molecule has 0 unspecified atom stereocenters. The van der Waals surface area contributed by atoms with Crippen LogP contribution in [0.5, 0.6) is 5.75 Å². The van der Waals surface area contributed by atoms with Crippen molar-refractivity contribution in [1.82, 2.24) is 25.0 Å². The summed E-state index contributed by atoms with van der Waals surface area (Å²) in [6.45, 7) is 8.07. The lowest BCUT2D eigenvalue weighted by Gasteiger charge is -2.41. The molecule has 1 N–H and O–H groups in total. The molecule has 0 radical (unpaired) electrons. The molecule has 1 aliphatic heterocycles. The standard InChI is InChI=1S/C22H31N5O2/c1-22(2,3)24-21(28)20-23-15-27(25-20)17-7-9-18(10-8-17)29-19-11-13-26(14-12-19)16-5-4-6-16/h7-10,15-16,19H,4-6,11-14H2,1-3H3,(H,24,28). The summed E-state index contributed by atoms with van der Waals surface area (Å²) in [5.41, 5.74) is 0.523. The van der Waals surface area contributed by atoms with Crippen molar-refractivity contribution in [2.24, 2.45) is 0 Å². The molecular formula is C22H31N5O2. The van der Waals surface area contributed by atoms with Gasteiger partial charge < -0.3 is 15.0 Å². The van der Waals surface area contributed by atoms with E-state index in [1.807, 2.05) is 45.0 Å². The smallest absolute Gasteiger partial charge is 0.291 e. The molecule has 1 amide bonds. The van der Waals surface area contributed by atoms with E-state index >= 15 is 0 Å². The number of ether oxygens (including phenoxy) is 1.